The quantitative estimate of drug-likeness (QED) is 0.695. The highest BCUT2D eigenvalue weighted by molar-refractivity contribution is 5.63. The van der Waals surface area contributed by atoms with E-state index < -0.39 is 0 Å². The van der Waals surface area contributed by atoms with Crippen LogP contribution in [-0.4, -0.2) is 9.97 Å². The second-order valence-electron chi connectivity index (χ2n) is 2.56. The molecule has 0 aliphatic carbocycles. The molecule has 0 amide bonds. The molecule has 1 N–H and O–H groups in total. The van der Waals surface area contributed by atoms with Gasteiger partial charge in [-0.1, -0.05) is 12.2 Å². The molecule has 13 heavy (non-hydrogen) atoms. The zero-order valence-corrected chi connectivity index (χ0v) is 7.01. The minimum atomic E-state index is 0.895. The molecule has 0 bridgehead atoms. The number of rotatable bonds is 1. The van der Waals surface area contributed by atoms with Crippen molar-refractivity contribution in [3.8, 4) is 0 Å². The normalized spacial score (nSPS) is 14.6. The second kappa shape index (κ2) is 3.67. The maximum atomic E-state index is 4.13. The van der Waals surface area contributed by atoms with Gasteiger partial charge >= 0.3 is 0 Å². The minimum Gasteiger partial charge on any atom is -0.360 e. The highest BCUT2D eigenvalue weighted by atomic mass is 14.9. The summed E-state index contributed by atoms with van der Waals surface area (Å²) >= 11 is 0. The Morgan fingerprint density at radius 2 is 2.15 bits per heavy atom. The van der Waals surface area contributed by atoms with E-state index in [4.69, 9.17) is 0 Å². The van der Waals surface area contributed by atoms with E-state index in [2.05, 4.69) is 15.3 Å². The molecule has 2 rings (SSSR count). The minimum absolute atomic E-state index is 0.895. The molecule has 0 fully saturated rings. The van der Waals surface area contributed by atoms with E-state index in [1.807, 2.05) is 36.6 Å². The van der Waals surface area contributed by atoms with Crippen molar-refractivity contribution >= 4 is 5.70 Å². The Labute approximate surface area is 76.5 Å². The van der Waals surface area contributed by atoms with Crippen molar-refractivity contribution in [2.45, 2.75) is 0 Å². The lowest BCUT2D eigenvalue weighted by atomic mass is 10.3. The maximum absolute atomic E-state index is 4.13. The fourth-order valence-corrected chi connectivity index (χ4v) is 1.07. The van der Waals surface area contributed by atoms with Crippen LogP contribution in [0.25, 0.3) is 5.70 Å². The summed E-state index contributed by atoms with van der Waals surface area (Å²) < 4.78 is 0. The summed E-state index contributed by atoms with van der Waals surface area (Å²) in [5, 5.41) is 3.13. The Kier molecular flexibility index (Phi) is 2.18. The lowest BCUT2D eigenvalue weighted by Crippen LogP contribution is -2.04. The fraction of sp³-hybridized carbons (Fsp3) is 0. The van der Waals surface area contributed by atoms with Crippen molar-refractivity contribution < 1.29 is 0 Å². The van der Waals surface area contributed by atoms with Gasteiger partial charge < -0.3 is 5.32 Å². The first-order chi connectivity index (χ1) is 6.47. The van der Waals surface area contributed by atoms with Gasteiger partial charge in [0.2, 0.25) is 0 Å². The zero-order valence-electron chi connectivity index (χ0n) is 7.01. The number of nitrogens with one attached hydrogen (secondary N) is 1. The van der Waals surface area contributed by atoms with Gasteiger partial charge in [-0.05, 0) is 18.2 Å². The summed E-state index contributed by atoms with van der Waals surface area (Å²) in [6.45, 7) is 0. The smallest absolute Gasteiger partial charge is 0.116 e. The van der Waals surface area contributed by atoms with Gasteiger partial charge in [0.25, 0.3) is 0 Å². The average Bonchev–Trinajstić information content (AvgIpc) is 2.47. The molecule has 0 saturated carbocycles. The molecule has 0 atom stereocenters. The van der Waals surface area contributed by atoms with Crippen LogP contribution in [-0.2, 0) is 0 Å². The van der Waals surface area contributed by atoms with Crippen molar-refractivity contribution in [1.29, 1.82) is 0 Å². The average molecular weight is 171 g/mol. The topological polar surface area (TPSA) is 37.8 Å². The summed E-state index contributed by atoms with van der Waals surface area (Å²) in [4.78, 5) is 8.00. The van der Waals surface area contributed by atoms with Crippen LogP contribution < -0.4 is 5.32 Å². The van der Waals surface area contributed by atoms with Crippen molar-refractivity contribution in [1.82, 2.24) is 15.3 Å². The SMILES string of the molecule is C1=CC=C(c2ccncn2)NC=C1. The Balaban J connectivity index is 2.32. The summed E-state index contributed by atoms with van der Waals surface area (Å²) in [6, 6.07) is 1.87. The monoisotopic (exact) mass is 171 g/mol. The van der Waals surface area contributed by atoms with E-state index in [1.54, 1.807) is 6.20 Å². The first-order valence-corrected chi connectivity index (χ1v) is 4.03. The van der Waals surface area contributed by atoms with Gasteiger partial charge in [-0.15, -0.1) is 0 Å². The molecule has 64 valence electrons. The van der Waals surface area contributed by atoms with Crippen molar-refractivity contribution in [3.05, 3.63) is 54.8 Å². The highest BCUT2D eigenvalue weighted by Crippen LogP contribution is 2.08. The molecule has 0 saturated heterocycles. The maximum Gasteiger partial charge on any atom is 0.116 e. The van der Waals surface area contributed by atoms with E-state index in [-0.39, 0.29) is 0 Å². The molecule has 0 aromatic carbocycles. The Morgan fingerprint density at radius 3 is 3.00 bits per heavy atom. The summed E-state index contributed by atoms with van der Waals surface area (Å²) in [6.07, 6.45) is 13.0. The molecular formula is C10H9N3. The van der Waals surface area contributed by atoms with Crippen LogP contribution in [0.2, 0.25) is 0 Å². The van der Waals surface area contributed by atoms with E-state index in [0.29, 0.717) is 0 Å². The van der Waals surface area contributed by atoms with Crippen LogP contribution in [0.15, 0.2) is 49.1 Å². The molecule has 1 aromatic rings. The molecule has 3 heteroatoms. The van der Waals surface area contributed by atoms with Crippen molar-refractivity contribution in [3.63, 3.8) is 0 Å². The molecule has 0 radical (unpaired) electrons. The zero-order chi connectivity index (χ0) is 8.93. The standard InChI is InChI=1S/C10H9N3/c1-2-4-9(12-6-3-1)10-5-7-11-8-13-10/h1-8,12H. The molecule has 3 nitrogen and oxygen atoms in total. The van der Waals surface area contributed by atoms with Gasteiger partial charge in [0, 0.05) is 12.4 Å². The van der Waals surface area contributed by atoms with Crippen LogP contribution in [0, 0.1) is 0 Å². The van der Waals surface area contributed by atoms with E-state index in [0.717, 1.165) is 11.4 Å². The molecule has 1 aliphatic heterocycles. The van der Waals surface area contributed by atoms with Crippen LogP contribution in [0.5, 0.6) is 0 Å². The van der Waals surface area contributed by atoms with Gasteiger partial charge in [-0.2, -0.15) is 0 Å². The van der Waals surface area contributed by atoms with Gasteiger partial charge in [-0.3, -0.25) is 0 Å². The molecule has 0 unspecified atom stereocenters. The first-order valence-electron chi connectivity index (χ1n) is 4.03. The van der Waals surface area contributed by atoms with E-state index >= 15 is 0 Å². The largest absolute Gasteiger partial charge is 0.360 e. The predicted octanol–water partition coefficient (Wildman–Crippen LogP) is 1.49. The predicted molar refractivity (Wildman–Crippen MR) is 51.4 cm³/mol. The molecular weight excluding hydrogens is 162 g/mol. The third-order valence-electron chi connectivity index (χ3n) is 1.68. The highest BCUT2D eigenvalue weighted by Gasteiger charge is 1.99. The van der Waals surface area contributed by atoms with Crippen molar-refractivity contribution in [2.24, 2.45) is 0 Å². The Morgan fingerprint density at radius 1 is 1.15 bits per heavy atom. The third-order valence-corrected chi connectivity index (χ3v) is 1.68. The molecule has 2 heterocycles. The van der Waals surface area contributed by atoms with Crippen molar-refractivity contribution in [2.75, 3.05) is 0 Å². The lowest BCUT2D eigenvalue weighted by molar-refractivity contribution is 1.10. The van der Waals surface area contributed by atoms with Crippen LogP contribution in [0.1, 0.15) is 5.69 Å². The van der Waals surface area contributed by atoms with Crippen LogP contribution in [0.4, 0.5) is 0 Å². The van der Waals surface area contributed by atoms with Gasteiger partial charge in [0.15, 0.2) is 0 Å². The molecule has 1 aromatic heterocycles. The number of allylic oxidation sites excluding steroid dienone is 4. The number of hydrogen-bond donors (Lipinski definition) is 1. The van der Waals surface area contributed by atoms with Gasteiger partial charge in [0.1, 0.15) is 6.33 Å². The number of hydrogen-bond acceptors (Lipinski definition) is 3. The molecule has 0 spiro atoms. The van der Waals surface area contributed by atoms with Gasteiger partial charge in [-0.25, -0.2) is 9.97 Å². The van der Waals surface area contributed by atoms with E-state index in [9.17, 15) is 0 Å². The summed E-state index contributed by atoms with van der Waals surface area (Å²) in [7, 11) is 0. The number of aromatic nitrogens is 2. The van der Waals surface area contributed by atoms with Gasteiger partial charge in [0.05, 0.1) is 11.4 Å². The first kappa shape index (κ1) is 7.73. The second-order valence-corrected chi connectivity index (χ2v) is 2.56. The molecule has 1 aliphatic rings. The fourth-order valence-electron chi connectivity index (χ4n) is 1.07. The Bertz CT molecular complexity index is 363. The Hall–Kier alpha value is -1.90. The summed E-state index contributed by atoms with van der Waals surface area (Å²) in [5.41, 5.74) is 1.87. The third kappa shape index (κ3) is 1.82. The van der Waals surface area contributed by atoms with Crippen LogP contribution >= 0.6 is 0 Å². The van der Waals surface area contributed by atoms with Crippen LogP contribution in [0.3, 0.4) is 0 Å². The summed E-state index contributed by atoms with van der Waals surface area (Å²) in [5.74, 6) is 0. The lowest BCUT2D eigenvalue weighted by Gasteiger charge is -2.03. The van der Waals surface area contributed by atoms with E-state index in [1.165, 1.54) is 6.33 Å². The number of nitrogens with zero attached hydrogens (tertiary/aromatic N) is 2.